The number of hydrogen-bond donors (Lipinski definition) is 1. The highest BCUT2D eigenvalue weighted by atomic mass is 35.5. The van der Waals surface area contributed by atoms with Gasteiger partial charge in [0, 0.05) is 41.0 Å². The third-order valence-electron chi connectivity index (χ3n) is 4.42. The van der Waals surface area contributed by atoms with Crippen molar-refractivity contribution in [3.05, 3.63) is 94.8 Å². The summed E-state index contributed by atoms with van der Waals surface area (Å²) >= 11 is 5.95. The number of aromatic nitrogens is 2. The first kappa shape index (κ1) is 21.4. The van der Waals surface area contributed by atoms with E-state index in [9.17, 15) is 4.39 Å². The van der Waals surface area contributed by atoms with E-state index in [2.05, 4.69) is 19.4 Å². The van der Waals surface area contributed by atoms with Crippen LogP contribution in [0.15, 0.2) is 77.6 Å². The predicted octanol–water partition coefficient (Wildman–Crippen LogP) is 3.50. The van der Waals surface area contributed by atoms with Crippen molar-refractivity contribution in [3.63, 3.8) is 0 Å². The van der Waals surface area contributed by atoms with Crippen molar-refractivity contribution in [1.82, 2.24) is 0 Å². The Morgan fingerprint density at radius 2 is 1.53 bits per heavy atom. The van der Waals surface area contributed by atoms with E-state index in [-0.39, 0.29) is 12.2 Å². The van der Waals surface area contributed by atoms with Crippen LogP contribution >= 0.6 is 11.6 Å². The van der Waals surface area contributed by atoms with Gasteiger partial charge in [0.25, 0.3) is 0 Å². The average Bonchev–Trinajstić information content (AvgIpc) is 2.75. The Hall–Kier alpha value is -3.32. The topological polar surface area (TPSA) is 61.9 Å². The molecule has 3 aromatic rings. The molecule has 0 radical (unpaired) electrons. The lowest BCUT2D eigenvalue weighted by Crippen LogP contribution is -2.38. The Balaban J connectivity index is 1.43. The van der Waals surface area contributed by atoms with Crippen LogP contribution in [0.5, 0.6) is 0 Å². The summed E-state index contributed by atoms with van der Waals surface area (Å²) in [6, 6.07) is 12.1. The second-order valence-corrected chi connectivity index (χ2v) is 6.95. The lowest BCUT2D eigenvalue weighted by molar-refractivity contribution is -0.726. The molecule has 2 heterocycles. The second kappa shape index (κ2) is 11.0. The van der Waals surface area contributed by atoms with Crippen LogP contribution in [0.3, 0.4) is 0 Å². The van der Waals surface area contributed by atoms with Gasteiger partial charge >= 0.3 is 0 Å². The molecule has 0 atom stereocenters. The Morgan fingerprint density at radius 3 is 2.10 bits per heavy atom. The molecule has 0 aliphatic rings. The first-order valence-corrected chi connectivity index (χ1v) is 9.77. The number of oxime groups is 2. The fourth-order valence-corrected chi connectivity index (χ4v) is 3.00. The molecular weight excluding hydrogens is 407 g/mol. The van der Waals surface area contributed by atoms with Crippen LogP contribution in [0.2, 0.25) is 5.02 Å². The van der Waals surface area contributed by atoms with Gasteiger partial charge in [-0.15, -0.1) is 0 Å². The van der Waals surface area contributed by atoms with Crippen LogP contribution in [0.1, 0.15) is 23.1 Å². The van der Waals surface area contributed by atoms with Crippen LogP contribution < -0.4 is 9.13 Å². The highest BCUT2D eigenvalue weighted by Crippen LogP contribution is 2.19. The SMILES string of the molecule is ON=Cc1cc[n+](CCC[n+]2ccc(/C=N\OCc3c(F)cccc3Cl)cc2)cc1. The molecule has 0 amide bonds. The van der Waals surface area contributed by atoms with Gasteiger partial charge in [0.1, 0.15) is 12.4 Å². The standard InChI is InChI=1S/C22H21ClFN4O2/c23-21-3-1-4-22(24)20(21)17-30-26-16-19-7-13-28(14-8-19)10-2-9-27-11-5-18(6-12-27)15-25-29/h1,3-8,11-16H,2,9-10,17H2/q+1/p+1/b26-16-. The minimum atomic E-state index is -0.411. The van der Waals surface area contributed by atoms with Crippen LogP contribution in [-0.4, -0.2) is 17.6 Å². The number of rotatable bonds is 9. The number of aryl methyl sites for hydroxylation is 2. The van der Waals surface area contributed by atoms with E-state index in [4.69, 9.17) is 21.6 Å². The molecule has 6 nitrogen and oxygen atoms in total. The lowest BCUT2D eigenvalue weighted by Gasteiger charge is -2.03. The molecule has 0 fully saturated rings. The average molecular weight is 429 g/mol. The molecule has 0 saturated heterocycles. The molecule has 8 heteroatoms. The van der Waals surface area contributed by atoms with E-state index >= 15 is 0 Å². The summed E-state index contributed by atoms with van der Waals surface area (Å²) in [4.78, 5) is 5.17. The first-order valence-electron chi connectivity index (χ1n) is 9.39. The van der Waals surface area contributed by atoms with Gasteiger partial charge in [-0.1, -0.05) is 28.0 Å². The number of benzene rings is 1. The molecule has 0 aliphatic carbocycles. The van der Waals surface area contributed by atoms with Crippen LogP contribution in [0, 0.1) is 5.82 Å². The molecule has 30 heavy (non-hydrogen) atoms. The van der Waals surface area contributed by atoms with Gasteiger partial charge in [-0.2, -0.15) is 0 Å². The van der Waals surface area contributed by atoms with E-state index in [1.807, 2.05) is 49.1 Å². The van der Waals surface area contributed by atoms with Crippen LogP contribution in [-0.2, 0) is 24.5 Å². The quantitative estimate of drug-likeness (QED) is 0.245. The zero-order valence-electron chi connectivity index (χ0n) is 16.2. The van der Waals surface area contributed by atoms with E-state index in [1.165, 1.54) is 12.3 Å². The van der Waals surface area contributed by atoms with E-state index in [1.54, 1.807) is 18.3 Å². The fourth-order valence-electron chi connectivity index (χ4n) is 2.78. The van der Waals surface area contributed by atoms with Crippen LogP contribution in [0.25, 0.3) is 0 Å². The molecule has 0 bridgehead atoms. The summed E-state index contributed by atoms with van der Waals surface area (Å²) in [5.41, 5.74) is 2.01. The molecule has 2 aromatic heterocycles. The smallest absolute Gasteiger partial charge is 0.169 e. The van der Waals surface area contributed by atoms with Crippen molar-refractivity contribution in [1.29, 1.82) is 0 Å². The first-order chi connectivity index (χ1) is 14.7. The van der Waals surface area contributed by atoms with Gasteiger partial charge < -0.3 is 10.0 Å². The van der Waals surface area contributed by atoms with Crippen LogP contribution in [0.4, 0.5) is 4.39 Å². The highest BCUT2D eigenvalue weighted by molar-refractivity contribution is 6.31. The molecule has 3 rings (SSSR count). The zero-order chi connectivity index (χ0) is 21.2. The summed E-state index contributed by atoms with van der Waals surface area (Å²) < 4.78 is 17.8. The summed E-state index contributed by atoms with van der Waals surface area (Å²) in [5, 5.41) is 15.7. The maximum Gasteiger partial charge on any atom is 0.169 e. The molecule has 1 N–H and O–H groups in total. The molecule has 0 unspecified atom stereocenters. The van der Waals surface area contributed by atoms with Crippen molar-refractivity contribution in [2.45, 2.75) is 26.1 Å². The van der Waals surface area contributed by atoms with Crippen molar-refractivity contribution in [2.75, 3.05) is 0 Å². The largest absolute Gasteiger partial charge is 0.411 e. The Labute approximate surface area is 179 Å². The highest BCUT2D eigenvalue weighted by Gasteiger charge is 2.07. The number of hydrogen-bond acceptors (Lipinski definition) is 4. The molecule has 0 spiro atoms. The minimum absolute atomic E-state index is 0.0275. The Bertz CT molecular complexity index is 988. The summed E-state index contributed by atoms with van der Waals surface area (Å²) in [6.07, 6.45) is 11.8. The van der Waals surface area contributed by atoms with Gasteiger partial charge in [-0.3, -0.25) is 0 Å². The second-order valence-electron chi connectivity index (χ2n) is 6.54. The molecule has 1 aromatic carbocycles. The Kier molecular flexibility index (Phi) is 7.86. The maximum atomic E-state index is 13.7. The minimum Gasteiger partial charge on any atom is -0.411 e. The molecule has 154 valence electrons. The van der Waals surface area contributed by atoms with Crippen molar-refractivity contribution in [3.8, 4) is 0 Å². The lowest BCUT2D eigenvalue weighted by atomic mass is 10.2. The fraction of sp³-hybridized carbons (Fsp3) is 0.182. The van der Waals surface area contributed by atoms with Crippen molar-refractivity contribution < 1.29 is 23.6 Å². The van der Waals surface area contributed by atoms with E-state index in [0.717, 1.165) is 30.6 Å². The number of pyridine rings is 2. The molecule has 0 aliphatic heterocycles. The summed E-state index contributed by atoms with van der Waals surface area (Å²) in [5.74, 6) is -0.411. The van der Waals surface area contributed by atoms with Crippen molar-refractivity contribution in [2.24, 2.45) is 10.3 Å². The number of halogens is 2. The summed E-state index contributed by atoms with van der Waals surface area (Å²) in [6.45, 7) is 1.71. The predicted molar refractivity (Wildman–Crippen MR) is 111 cm³/mol. The third-order valence-corrected chi connectivity index (χ3v) is 4.77. The number of nitrogens with zero attached hydrogens (tertiary/aromatic N) is 4. The van der Waals surface area contributed by atoms with Gasteiger partial charge in [0.2, 0.25) is 0 Å². The van der Waals surface area contributed by atoms with Gasteiger partial charge in [-0.25, -0.2) is 13.5 Å². The molecule has 0 saturated carbocycles. The van der Waals surface area contributed by atoms with Gasteiger partial charge in [-0.05, 0) is 12.1 Å². The third kappa shape index (κ3) is 6.35. The monoisotopic (exact) mass is 428 g/mol. The normalized spacial score (nSPS) is 11.4. The van der Waals surface area contributed by atoms with E-state index < -0.39 is 5.82 Å². The van der Waals surface area contributed by atoms with Gasteiger partial charge in [0.15, 0.2) is 37.9 Å². The zero-order valence-corrected chi connectivity index (χ0v) is 17.0. The molecular formula is C22H22ClFN4O2+2. The van der Waals surface area contributed by atoms with Gasteiger partial charge in [0.05, 0.1) is 23.9 Å². The van der Waals surface area contributed by atoms with Crippen molar-refractivity contribution >= 4 is 24.0 Å². The van der Waals surface area contributed by atoms with E-state index in [0.29, 0.717) is 5.02 Å². The summed E-state index contributed by atoms with van der Waals surface area (Å²) in [7, 11) is 0. The Morgan fingerprint density at radius 1 is 0.933 bits per heavy atom. The maximum absolute atomic E-state index is 13.7.